The molecular formula is C24H32ClN3O7S. The Morgan fingerprint density at radius 2 is 1.64 bits per heavy atom. The molecule has 2 aromatic rings. The van der Waals surface area contributed by atoms with Gasteiger partial charge in [-0.1, -0.05) is 32.0 Å². The molecule has 1 atom stereocenters. The molecule has 0 unspecified atom stereocenters. The summed E-state index contributed by atoms with van der Waals surface area (Å²) in [5, 5.41) is 11.8. The summed E-state index contributed by atoms with van der Waals surface area (Å²) < 4.78 is 37.3. The van der Waals surface area contributed by atoms with Crippen molar-refractivity contribution in [1.82, 2.24) is 15.7 Å². The van der Waals surface area contributed by atoms with Crippen LogP contribution in [0.1, 0.15) is 13.8 Å². The number of rotatable bonds is 10. The third-order valence-corrected chi connectivity index (χ3v) is 7.77. The third kappa shape index (κ3) is 8.17. The summed E-state index contributed by atoms with van der Waals surface area (Å²) in [5.41, 5.74) is 0.293. The van der Waals surface area contributed by atoms with Crippen LogP contribution in [0, 0.1) is 5.41 Å². The van der Waals surface area contributed by atoms with Crippen LogP contribution in [-0.2, 0) is 24.2 Å². The van der Waals surface area contributed by atoms with Gasteiger partial charge in [-0.2, -0.15) is 0 Å². The Morgan fingerprint density at radius 1 is 1.06 bits per heavy atom. The number of para-hydroxylation sites is 1. The number of carbonyl (C=O) groups is 2. The zero-order chi connectivity index (χ0) is 25.5. The molecular weight excluding hydrogens is 510 g/mol. The SMILES string of the molecule is CC(C)(CS(=O)(=O)c1ccc(Oc2ccccc2)cc1)[C@H](NC(=O)CN1CCOCC1)C(=O)NO.Cl. The summed E-state index contributed by atoms with van der Waals surface area (Å²) in [7, 11) is -3.85. The number of amides is 2. The number of ether oxygens (including phenoxy) is 2. The predicted octanol–water partition coefficient (Wildman–Crippen LogP) is 2.02. The van der Waals surface area contributed by atoms with E-state index in [4.69, 9.17) is 9.47 Å². The van der Waals surface area contributed by atoms with Gasteiger partial charge in [-0.25, -0.2) is 13.9 Å². The van der Waals surface area contributed by atoms with E-state index in [-0.39, 0.29) is 23.8 Å². The van der Waals surface area contributed by atoms with E-state index in [1.54, 1.807) is 38.1 Å². The summed E-state index contributed by atoms with van der Waals surface area (Å²) in [6.45, 7) is 5.29. The van der Waals surface area contributed by atoms with Crippen LogP contribution in [0.2, 0.25) is 0 Å². The van der Waals surface area contributed by atoms with Crippen molar-refractivity contribution in [3.8, 4) is 11.5 Å². The van der Waals surface area contributed by atoms with Gasteiger partial charge in [0.1, 0.15) is 17.5 Å². The second-order valence-corrected chi connectivity index (χ2v) is 11.0. The highest BCUT2D eigenvalue weighted by atomic mass is 35.5. The fourth-order valence-electron chi connectivity index (χ4n) is 3.85. The molecule has 3 N–H and O–H groups in total. The number of morpholine rings is 1. The van der Waals surface area contributed by atoms with E-state index in [1.807, 2.05) is 23.1 Å². The van der Waals surface area contributed by atoms with E-state index in [2.05, 4.69) is 5.32 Å². The monoisotopic (exact) mass is 541 g/mol. The Kier molecular flexibility index (Phi) is 10.7. The zero-order valence-electron chi connectivity index (χ0n) is 20.2. The fourth-order valence-corrected chi connectivity index (χ4v) is 5.71. The Bertz CT molecular complexity index is 1110. The first kappa shape index (κ1) is 29.5. The molecule has 1 heterocycles. The number of benzene rings is 2. The number of nitrogens with zero attached hydrogens (tertiary/aromatic N) is 1. The standard InChI is InChI=1S/C24H31N3O7S.ClH/c1-24(2,22(23(29)26-30)25-21(28)16-27-12-14-33-15-13-27)17-35(31,32)20-10-8-19(9-11-20)34-18-6-4-3-5-7-18;/h3-11,22,30H,12-17H2,1-2H3,(H,25,28)(H,26,29);1H/t22-;/m1./s1. The number of hydrogen-bond donors (Lipinski definition) is 3. The lowest BCUT2D eigenvalue weighted by atomic mass is 9.86. The Balaban J connectivity index is 0.00000456. The number of hydroxylamine groups is 1. The maximum absolute atomic E-state index is 13.2. The van der Waals surface area contributed by atoms with Crippen LogP contribution in [0.25, 0.3) is 0 Å². The number of sulfone groups is 1. The first-order chi connectivity index (χ1) is 16.6. The average molecular weight is 542 g/mol. The van der Waals surface area contributed by atoms with Gasteiger partial charge in [0.15, 0.2) is 9.84 Å². The highest BCUT2D eigenvalue weighted by Gasteiger charge is 2.40. The first-order valence-electron chi connectivity index (χ1n) is 11.2. The summed E-state index contributed by atoms with van der Waals surface area (Å²) in [6, 6.07) is 13.8. The lowest BCUT2D eigenvalue weighted by Gasteiger charge is -2.34. The number of hydrogen-bond acceptors (Lipinski definition) is 8. The minimum atomic E-state index is -3.85. The minimum Gasteiger partial charge on any atom is -0.457 e. The maximum Gasteiger partial charge on any atom is 0.266 e. The number of carbonyl (C=O) groups excluding carboxylic acids is 2. The van der Waals surface area contributed by atoms with Crippen molar-refractivity contribution in [1.29, 1.82) is 0 Å². The van der Waals surface area contributed by atoms with E-state index in [0.717, 1.165) is 0 Å². The molecule has 0 radical (unpaired) electrons. The number of halogens is 1. The molecule has 12 heteroatoms. The third-order valence-electron chi connectivity index (χ3n) is 5.65. The quantitative estimate of drug-likeness (QED) is 0.307. The van der Waals surface area contributed by atoms with Gasteiger partial charge in [-0.15, -0.1) is 12.4 Å². The van der Waals surface area contributed by atoms with Crippen molar-refractivity contribution in [3.63, 3.8) is 0 Å². The maximum atomic E-state index is 13.2. The van der Waals surface area contributed by atoms with Crippen LogP contribution in [0.4, 0.5) is 0 Å². The summed E-state index contributed by atoms with van der Waals surface area (Å²) in [4.78, 5) is 26.9. The zero-order valence-corrected chi connectivity index (χ0v) is 21.8. The van der Waals surface area contributed by atoms with Crippen LogP contribution in [-0.4, -0.2) is 75.0 Å². The molecule has 0 spiro atoms. The molecule has 0 saturated carbocycles. The fraction of sp³-hybridized carbons (Fsp3) is 0.417. The van der Waals surface area contributed by atoms with E-state index in [9.17, 15) is 23.2 Å². The Labute approximate surface area is 217 Å². The predicted molar refractivity (Wildman–Crippen MR) is 135 cm³/mol. The van der Waals surface area contributed by atoms with E-state index in [1.165, 1.54) is 17.6 Å². The van der Waals surface area contributed by atoms with Gasteiger partial charge in [-0.05, 0) is 36.4 Å². The van der Waals surface area contributed by atoms with Crippen LogP contribution in [0.5, 0.6) is 11.5 Å². The molecule has 2 aromatic carbocycles. The molecule has 198 valence electrons. The number of nitrogens with one attached hydrogen (secondary N) is 2. The molecule has 0 bridgehead atoms. The summed E-state index contributed by atoms with van der Waals surface area (Å²) >= 11 is 0. The van der Waals surface area contributed by atoms with Crippen LogP contribution < -0.4 is 15.5 Å². The van der Waals surface area contributed by atoms with Crippen molar-refractivity contribution < 1.29 is 32.7 Å². The van der Waals surface area contributed by atoms with Crippen molar-refractivity contribution >= 4 is 34.1 Å². The van der Waals surface area contributed by atoms with Gasteiger partial charge < -0.3 is 14.8 Å². The van der Waals surface area contributed by atoms with Crippen LogP contribution >= 0.6 is 12.4 Å². The topological polar surface area (TPSA) is 134 Å². The molecule has 36 heavy (non-hydrogen) atoms. The van der Waals surface area contributed by atoms with Gasteiger partial charge in [0.2, 0.25) is 5.91 Å². The molecule has 0 aromatic heterocycles. The van der Waals surface area contributed by atoms with Crippen molar-refractivity contribution in [2.75, 3.05) is 38.6 Å². The Hall–Kier alpha value is -2.70. The minimum absolute atomic E-state index is 0. The van der Waals surface area contributed by atoms with E-state index < -0.39 is 38.9 Å². The summed E-state index contributed by atoms with van der Waals surface area (Å²) in [6.07, 6.45) is 0. The lowest BCUT2D eigenvalue weighted by Crippen LogP contribution is -2.57. The Morgan fingerprint density at radius 3 is 2.22 bits per heavy atom. The molecule has 10 nitrogen and oxygen atoms in total. The second-order valence-electron chi connectivity index (χ2n) is 9.00. The normalized spacial score (nSPS) is 15.3. The van der Waals surface area contributed by atoms with Gasteiger partial charge in [-0.3, -0.25) is 19.7 Å². The van der Waals surface area contributed by atoms with Crippen molar-refractivity contribution in [2.24, 2.45) is 5.41 Å². The van der Waals surface area contributed by atoms with Crippen LogP contribution in [0.3, 0.4) is 0 Å². The lowest BCUT2D eigenvalue weighted by molar-refractivity contribution is -0.138. The van der Waals surface area contributed by atoms with Gasteiger partial charge in [0, 0.05) is 18.5 Å². The van der Waals surface area contributed by atoms with Gasteiger partial charge >= 0.3 is 0 Å². The molecule has 3 rings (SSSR count). The smallest absolute Gasteiger partial charge is 0.266 e. The molecule has 1 aliphatic rings. The van der Waals surface area contributed by atoms with E-state index in [0.29, 0.717) is 37.8 Å². The van der Waals surface area contributed by atoms with Crippen molar-refractivity contribution in [3.05, 3.63) is 54.6 Å². The van der Waals surface area contributed by atoms with Gasteiger partial charge in [0.25, 0.3) is 5.91 Å². The average Bonchev–Trinajstić information content (AvgIpc) is 2.83. The molecule has 0 aliphatic carbocycles. The molecule has 1 saturated heterocycles. The summed E-state index contributed by atoms with van der Waals surface area (Å²) in [5.74, 6) is -0.702. The van der Waals surface area contributed by atoms with E-state index >= 15 is 0 Å². The highest BCUT2D eigenvalue weighted by molar-refractivity contribution is 7.91. The van der Waals surface area contributed by atoms with Gasteiger partial charge in [0.05, 0.1) is 30.4 Å². The van der Waals surface area contributed by atoms with Crippen molar-refractivity contribution in [2.45, 2.75) is 24.8 Å². The molecule has 1 fully saturated rings. The molecule has 1 aliphatic heterocycles. The highest BCUT2D eigenvalue weighted by Crippen LogP contribution is 2.29. The first-order valence-corrected chi connectivity index (χ1v) is 12.8. The molecule has 2 amide bonds. The largest absolute Gasteiger partial charge is 0.457 e. The van der Waals surface area contributed by atoms with Crippen LogP contribution in [0.15, 0.2) is 59.5 Å². The second kappa shape index (κ2) is 13.0.